The van der Waals surface area contributed by atoms with Crippen molar-refractivity contribution >= 4 is 5.69 Å². The molecule has 0 amide bonds. The summed E-state index contributed by atoms with van der Waals surface area (Å²) in [6, 6.07) is 6.88. The summed E-state index contributed by atoms with van der Waals surface area (Å²) < 4.78 is 0. The van der Waals surface area contributed by atoms with Gasteiger partial charge in [-0.15, -0.1) is 0 Å². The number of nitrogens with two attached hydrogens (primary N) is 1. The van der Waals surface area contributed by atoms with Gasteiger partial charge < -0.3 is 15.5 Å². The highest BCUT2D eigenvalue weighted by Crippen LogP contribution is 2.22. The Morgan fingerprint density at radius 2 is 1.84 bits per heavy atom. The van der Waals surface area contributed by atoms with Crippen molar-refractivity contribution in [3.63, 3.8) is 0 Å². The molecule has 1 unspecified atom stereocenters. The van der Waals surface area contributed by atoms with Crippen molar-refractivity contribution in [1.29, 1.82) is 0 Å². The highest BCUT2D eigenvalue weighted by molar-refractivity contribution is 5.54. The fourth-order valence-electron chi connectivity index (χ4n) is 2.34. The van der Waals surface area contributed by atoms with Gasteiger partial charge in [0.2, 0.25) is 0 Å². The standard InChI is InChI=1S/C16H29N3/c1-13-7-8-16(15(11-13)12-14(2)17)19(5)10-6-9-18(3)4/h7-8,11,14H,6,9-10,12,17H2,1-5H3. The van der Waals surface area contributed by atoms with Gasteiger partial charge in [0.25, 0.3) is 0 Å². The van der Waals surface area contributed by atoms with Gasteiger partial charge in [-0.05, 0) is 59.0 Å². The second kappa shape index (κ2) is 7.51. The molecule has 0 bridgehead atoms. The molecule has 0 radical (unpaired) electrons. The van der Waals surface area contributed by atoms with Crippen molar-refractivity contribution in [1.82, 2.24) is 4.90 Å². The van der Waals surface area contributed by atoms with E-state index in [1.807, 2.05) is 0 Å². The van der Waals surface area contributed by atoms with Crippen molar-refractivity contribution in [2.75, 3.05) is 39.1 Å². The zero-order valence-corrected chi connectivity index (χ0v) is 13.1. The van der Waals surface area contributed by atoms with Gasteiger partial charge in [0, 0.05) is 25.3 Å². The van der Waals surface area contributed by atoms with Crippen LogP contribution in [0.4, 0.5) is 5.69 Å². The molecule has 0 saturated heterocycles. The molecule has 108 valence electrons. The SMILES string of the molecule is Cc1ccc(N(C)CCCN(C)C)c(CC(C)N)c1. The van der Waals surface area contributed by atoms with Crippen molar-refractivity contribution in [3.8, 4) is 0 Å². The molecule has 1 aromatic carbocycles. The molecule has 3 nitrogen and oxygen atoms in total. The second-order valence-corrected chi connectivity index (χ2v) is 5.89. The van der Waals surface area contributed by atoms with Gasteiger partial charge in [0.05, 0.1) is 0 Å². The van der Waals surface area contributed by atoms with Gasteiger partial charge in [-0.1, -0.05) is 17.7 Å². The molecule has 0 fully saturated rings. The van der Waals surface area contributed by atoms with Gasteiger partial charge in [0.1, 0.15) is 0 Å². The predicted molar refractivity (Wildman–Crippen MR) is 85.0 cm³/mol. The van der Waals surface area contributed by atoms with Crippen LogP contribution in [0.1, 0.15) is 24.5 Å². The van der Waals surface area contributed by atoms with Crippen molar-refractivity contribution < 1.29 is 0 Å². The zero-order chi connectivity index (χ0) is 14.4. The van der Waals surface area contributed by atoms with Crippen LogP contribution >= 0.6 is 0 Å². The number of rotatable bonds is 7. The number of benzene rings is 1. The van der Waals surface area contributed by atoms with Crippen LogP contribution in [0, 0.1) is 6.92 Å². The number of anilines is 1. The molecular weight excluding hydrogens is 234 g/mol. The molecule has 0 spiro atoms. The highest BCUT2D eigenvalue weighted by Gasteiger charge is 2.09. The minimum atomic E-state index is 0.204. The third kappa shape index (κ3) is 5.62. The van der Waals surface area contributed by atoms with Gasteiger partial charge in [0.15, 0.2) is 0 Å². The Hall–Kier alpha value is -1.06. The van der Waals surface area contributed by atoms with Crippen LogP contribution in [-0.4, -0.2) is 45.2 Å². The van der Waals surface area contributed by atoms with Crippen LogP contribution in [0.3, 0.4) is 0 Å². The Morgan fingerprint density at radius 3 is 2.42 bits per heavy atom. The first-order valence-corrected chi connectivity index (χ1v) is 7.11. The lowest BCUT2D eigenvalue weighted by molar-refractivity contribution is 0.401. The van der Waals surface area contributed by atoms with E-state index in [2.05, 4.69) is 63.0 Å². The lowest BCUT2D eigenvalue weighted by atomic mass is 10.0. The third-order valence-corrected chi connectivity index (χ3v) is 3.29. The maximum absolute atomic E-state index is 5.96. The zero-order valence-electron chi connectivity index (χ0n) is 13.1. The monoisotopic (exact) mass is 263 g/mol. The Morgan fingerprint density at radius 1 is 1.16 bits per heavy atom. The van der Waals surface area contributed by atoms with E-state index in [1.54, 1.807) is 0 Å². The van der Waals surface area contributed by atoms with E-state index in [0.717, 1.165) is 19.5 Å². The van der Waals surface area contributed by atoms with Crippen molar-refractivity contribution in [2.24, 2.45) is 5.73 Å². The number of nitrogens with zero attached hydrogens (tertiary/aromatic N) is 2. The smallest absolute Gasteiger partial charge is 0.0396 e. The maximum Gasteiger partial charge on any atom is 0.0396 e. The van der Waals surface area contributed by atoms with E-state index in [1.165, 1.54) is 23.2 Å². The molecule has 3 heteroatoms. The maximum atomic E-state index is 5.96. The summed E-state index contributed by atoms with van der Waals surface area (Å²) >= 11 is 0. The number of aryl methyl sites for hydroxylation is 1. The molecule has 0 saturated carbocycles. The van der Waals surface area contributed by atoms with Gasteiger partial charge in [-0.3, -0.25) is 0 Å². The van der Waals surface area contributed by atoms with Crippen LogP contribution in [0.25, 0.3) is 0 Å². The quantitative estimate of drug-likeness (QED) is 0.819. The van der Waals surface area contributed by atoms with Crippen LogP contribution < -0.4 is 10.6 Å². The van der Waals surface area contributed by atoms with Crippen LogP contribution in [0.15, 0.2) is 18.2 Å². The summed E-state index contributed by atoms with van der Waals surface area (Å²) in [6.45, 7) is 6.41. The Kier molecular flexibility index (Phi) is 6.32. The largest absolute Gasteiger partial charge is 0.374 e. The van der Waals surface area contributed by atoms with Gasteiger partial charge in [-0.25, -0.2) is 0 Å². The summed E-state index contributed by atoms with van der Waals surface area (Å²) in [7, 11) is 6.41. The first kappa shape index (κ1) is 16.0. The normalized spacial score (nSPS) is 12.8. The first-order valence-electron chi connectivity index (χ1n) is 7.11. The van der Waals surface area contributed by atoms with Gasteiger partial charge in [-0.2, -0.15) is 0 Å². The Balaban J connectivity index is 2.74. The molecule has 1 atom stereocenters. The summed E-state index contributed by atoms with van der Waals surface area (Å²) in [5.41, 5.74) is 9.95. The molecular formula is C16H29N3. The lowest BCUT2D eigenvalue weighted by Crippen LogP contribution is -2.25. The average molecular weight is 263 g/mol. The first-order chi connectivity index (χ1) is 8.90. The second-order valence-electron chi connectivity index (χ2n) is 5.89. The predicted octanol–water partition coefficient (Wildman–Crippen LogP) is 2.27. The topological polar surface area (TPSA) is 32.5 Å². The third-order valence-electron chi connectivity index (χ3n) is 3.29. The van der Waals surface area contributed by atoms with Crippen molar-refractivity contribution in [3.05, 3.63) is 29.3 Å². The summed E-state index contributed by atoms with van der Waals surface area (Å²) in [6.07, 6.45) is 2.12. The number of hydrogen-bond acceptors (Lipinski definition) is 3. The van der Waals surface area contributed by atoms with E-state index < -0.39 is 0 Å². The molecule has 19 heavy (non-hydrogen) atoms. The fraction of sp³-hybridized carbons (Fsp3) is 0.625. The van der Waals surface area contributed by atoms with E-state index in [-0.39, 0.29) is 6.04 Å². The van der Waals surface area contributed by atoms with Crippen LogP contribution in [0.2, 0.25) is 0 Å². The molecule has 0 aliphatic carbocycles. The Labute approximate surface area is 118 Å². The molecule has 0 heterocycles. The van der Waals surface area contributed by atoms with E-state index >= 15 is 0 Å². The van der Waals surface area contributed by atoms with Gasteiger partial charge >= 0.3 is 0 Å². The highest BCUT2D eigenvalue weighted by atomic mass is 15.1. The van der Waals surface area contributed by atoms with Crippen LogP contribution in [0.5, 0.6) is 0 Å². The summed E-state index contributed by atoms with van der Waals surface area (Å²) in [5.74, 6) is 0. The molecule has 0 aliphatic rings. The fourth-order valence-corrected chi connectivity index (χ4v) is 2.34. The minimum Gasteiger partial charge on any atom is -0.374 e. The minimum absolute atomic E-state index is 0.204. The van der Waals surface area contributed by atoms with E-state index in [0.29, 0.717) is 0 Å². The molecule has 1 rings (SSSR count). The van der Waals surface area contributed by atoms with E-state index in [9.17, 15) is 0 Å². The van der Waals surface area contributed by atoms with E-state index in [4.69, 9.17) is 5.73 Å². The molecule has 2 N–H and O–H groups in total. The lowest BCUT2D eigenvalue weighted by Gasteiger charge is -2.24. The molecule has 0 aromatic heterocycles. The molecule has 1 aromatic rings. The van der Waals surface area contributed by atoms with Crippen molar-refractivity contribution in [2.45, 2.75) is 32.7 Å². The molecule has 0 aliphatic heterocycles. The Bertz CT molecular complexity index is 386. The summed E-state index contributed by atoms with van der Waals surface area (Å²) in [4.78, 5) is 4.58. The van der Waals surface area contributed by atoms with Crippen LogP contribution in [-0.2, 0) is 6.42 Å². The average Bonchev–Trinajstić information content (AvgIpc) is 2.27. The number of hydrogen-bond donors (Lipinski definition) is 1. The summed E-state index contributed by atoms with van der Waals surface area (Å²) in [5, 5.41) is 0.